The third-order valence-corrected chi connectivity index (χ3v) is 5.92. The van der Waals surface area contributed by atoms with Gasteiger partial charge in [-0.05, 0) is 92.3 Å². The van der Waals surface area contributed by atoms with Gasteiger partial charge in [0.2, 0.25) is 0 Å². The van der Waals surface area contributed by atoms with Gasteiger partial charge >= 0.3 is 0 Å². The molecule has 2 aromatic carbocycles. The van der Waals surface area contributed by atoms with Crippen LogP contribution in [-0.4, -0.2) is 30.1 Å². The van der Waals surface area contributed by atoms with Crippen LogP contribution in [0.2, 0.25) is 0 Å². The molecule has 0 aliphatic rings. The van der Waals surface area contributed by atoms with E-state index in [-0.39, 0.29) is 11.7 Å². The molecular formula is C23H27Br2N3O4S. The minimum absolute atomic E-state index is 0.0461. The molecule has 0 bridgehead atoms. The predicted octanol–water partition coefficient (Wildman–Crippen LogP) is 5.23. The highest BCUT2D eigenvalue weighted by atomic mass is 79.9. The fourth-order valence-electron chi connectivity index (χ4n) is 2.59. The van der Waals surface area contributed by atoms with Crippen molar-refractivity contribution < 1.29 is 19.1 Å². The second-order valence-corrected chi connectivity index (χ2v) is 9.55. The van der Waals surface area contributed by atoms with Gasteiger partial charge in [-0.15, -0.1) is 0 Å². The zero-order valence-corrected chi connectivity index (χ0v) is 22.7. The number of amides is 2. The Bertz CT molecular complexity index is 1000. The standard InChI is InChI=1S/C23H27Br2N3O4S/c1-4-5-10-31-19-9-7-16(12-18(19)25)22(30)26-23(33)28-27-21(29)13-32-20-8-6-15(14(2)3)11-17(20)24/h6-9,11-12,14H,4-5,10,13H2,1-3H3,(H,27,29)(H2,26,28,30,33). The zero-order valence-electron chi connectivity index (χ0n) is 18.7. The average Bonchev–Trinajstić information content (AvgIpc) is 2.77. The van der Waals surface area contributed by atoms with Gasteiger partial charge in [0, 0.05) is 5.56 Å². The summed E-state index contributed by atoms with van der Waals surface area (Å²) in [7, 11) is 0. The van der Waals surface area contributed by atoms with Gasteiger partial charge in [-0.25, -0.2) is 0 Å². The first-order valence-corrected chi connectivity index (χ1v) is 12.5. The van der Waals surface area contributed by atoms with Gasteiger partial charge in [0.05, 0.1) is 15.6 Å². The molecule has 178 valence electrons. The Morgan fingerprint density at radius 1 is 1.00 bits per heavy atom. The van der Waals surface area contributed by atoms with E-state index in [0.29, 0.717) is 34.1 Å². The van der Waals surface area contributed by atoms with Crippen molar-refractivity contribution in [2.45, 2.75) is 39.5 Å². The summed E-state index contributed by atoms with van der Waals surface area (Å²) in [5, 5.41) is 2.46. The number of ether oxygens (including phenoxy) is 2. The van der Waals surface area contributed by atoms with Crippen LogP contribution in [0.15, 0.2) is 45.3 Å². The molecule has 10 heteroatoms. The van der Waals surface area contributed by atoms with Crippen molar-refractivity contribution in [3.63, 3.8) is 0 Å². The summed E-state index contributed by atoms with van der Waals surface area (Å²) in [6, 6.07) is 10.7. The van der Waals surface area contributed by atoms with Gasteiger partial charge in [0.1, 0.15) is 11.5 Å². The lowest BCUT2D eigenvalue weighted by Crippen LogP contribution is -2.49. The van der Waals surface area contributed by atoms with Crippen molar-refractivity contribution in [3.8, 4) is 11.5 Å². The van der Waals surface area contributed by atoms with Gasteiger partial charge in [-0.2, -0.15) is 0 Å². The number of thiocarbonyl (C=S) groups is 1. The molecule has 0 unspecified atom stereocenters. The topological polar surface area (TPSA) is 88.7 Å². The second-order valence-electron chi connectivity index (χ2n) is 7.44. The molecule has 0 saturated carbocycles. The van der Waals surface area contributed by atoms with Crippen molar-refractivity contribution in [2.24, 2.45) is 0 Å². The van der Waals surface area contributed by atoms with Crippen molar-refractivity contribution >= 4 is 61.0 Å². The number of nitrogens with one attached hydrogen (secondary N) is 3. The van der Waals surface area contributed by atoms with Crippen LogP contribution in [0.3, 0.4) is 0 Å². The maximum absolute atomic E-state index is 12.4. The lowest BCUT2D eigenvalue weighted by molar-refractivity contribution is -0.123. The Morgan fingerprint density at radius 2 is 1.67 bits per heavy atom. The minimum atomic E-state index is -0.456. The highest BCUT2D eigenvalue weighted by molar-refractivity contribution is 9.10. The summed E-state index contributed by atoms with van der Waals surface area (Å²) in [6.07, 6.45) is 1.99. The molecule has 0 saturated heterocycles. The molecule has 0 atom stereocenters. The maximum atomic E-state index is 12.4. The number of rotatable bonds is 9. The first-order valence-electron chi connectivity index (χ1n) is 10.5. The summed E-state index contributed by atoms with van der Waals surface area (Å²) in [6.45, 7) is 6.66. The molecule has 0 fully saturated rings. The number of hydrazine groups is 1. The van der Waals surface area contributed by atoms with Crippen LogP contribution in [0.25, 0.3) is 0 Å². The quantitative estimate of drug-likeness (QED) is 0.208. The van der Waals surface area contributed by atoms with Crippen LogP contribution in [-0.2, 0) is 4.79 Å². The number of carbonyl (C=O) groups is 2. The largest absolute Gasteiger partial charge is 0.492 e. The molecule has 3 N–H and O–H groups in total. The molecule has 0 aromatic heterocycles. The van der Waals surface area contributed by atoms with Gasteiger partial charge in [0.25, 0.3) is 11.8 Å². The molecule has 0 spiro atoms. The number of carbonyl (C=O) groups excluding carboxylic acids is 2. The average molecular weight is 601 g/mol. The predicted molar refractivity (Wildman–Crippen MR) is 140 cm³/mol. The summed E-state index contributed by atoms with van der Waals surface area (Å²) < 4.78 is 12.6. The monoisotopic (exact) mass is 599 g/mol. The number of unbranched alkanes of at least 4 members (excludes halogenated alkanes) is 1. The van der Waals surface area contributed by atoms with Crippen molar-refractivity contribution in [1.29, 1.82) is 0 Å². The molecular weight excluding hydrogens is 574 g/mol. The van der Waals surface area contributed by atoms with Crippen molar-refractivity contribution in [1.82, 2.24) is 16.2 Å². The van der Waals surface area contributed by atoms with E-state index in [0.717, 1.165) is 22.9 Å². The zero-order chi connectivity index (χ0) is 24.4. The number of benzene rings is 2. The Kier molecular flexibility index (Phi) is 11.1. The fourth-order valence-corrected chi connectivity index (χ4v) is 3.74. The number of halogens is 2. The second kappa shape index (κ2) is 13.5. The van der Waals surface area contributed by atoms with E-state index in [2.05, 4.69) is 68.8 Å². The van der Waals surface area contributed by atoms with Crippen molar-refractivity contribution in [3.05, 3.63) is 56.5 Å². The highest BCUT2D eigenvalue weighted by Gasteiger charge is 2.12. The summed E-state index contributed by atoms with van der Waals surface area (Å²) in [5.41, 5.74) is 6.43. The van der Waals surface area contributed by atoms with Crippen LogP contribution in [0, 0.1) is 0 Å². The smallest absolute Gasteiger partial charge is 0.276 e. The fraction of sp³-hybridized carbons (Fsp3) is 0.348. The van der Waals surface area contributed by atoms with E-state index in [1.54, 1.807) is 18.2 Å². The summed E-state index contributed by atoms with van der Waals surface area (Å²) in [5.74, 6) is 0.726. The molecule has 7 nitrogen and oxygen atoms in total. The van der Waals surface area contributed by atoms with Crippen LogP contribution < -0.4 is 25.6 Å². The lowest BCUT2D eigenvalue weighted by Gasteiger charge is -2.13. The van der Waals surface area contributed by atoms with Crippen LogP contribution in [0.4, 0.5) is 0 Å². The van der Waals surface area contributed by atoms with E-state index in [9.17, 15) is 9.59 Å². The Morgan fingerprint density at radius 3 is 2.30 bits per heavy atom. The van der Waals surface area contributed by atoms with Crippen LogP contribution in [0.5, 0.6) is 11.5 Å². The molecule has 0 radical (unpaired) electrons. The molecule has 0 aliphatic carbocycles. The highest BCUT2D eigenvalue weighted by Crippen LogP contribution is 2.29. The first kappa shape index (κ1) is 27.1. The van der Waals surface area contributed by atoms with Crippen LogP contribution in [0.1, 0.15) is 55.5 Å². The van der Waals surface area contributed by atoms with Crippen LogP contribution >= 0.6 is 44.1 Å². The van der Waals surface area contributed by atoms with E-state index in [4.69, 9.17) is 21.7 Å². The normalized spacial score (nSPS) is 10.5. The van der Waals surface area contributed by atoms with E-state index in [1.165, 1.54) is 0 Å². The molecule has 0 aliphatic heterocycles. The molecule has 0 heterocycles. The molecule has 33 heavy (non-hydrogen) atoms. The SMILES string of the molecule is CCCCOc1ccc(C(=O)NC(=S)NNC(=O)COc2ccc(C(C)C)cc2Br)cc1Br. The third kappa shape index (κ3) is 8.94. The number of hydrogen-bond acceptors (Lipinski definition) is 5. The summed E-state index contributed by atoms with van der Waals surface area (Å²) >= 11 is 11.9. The van der Waals surface area contributed by atoms with Gasteiger partial charge < -0.3 is 9.47 Å². The molecule has 2 amide bonds. The van der Waals surface area contributed by atoms with Gasteiger partial charge in [0.15, 0.2) is 11.7 Å². The molecule has 2 rings (SSSR count). The minimum Gasteiger partial charge on any atom is -0.492 e. The van der Waals surface area contributed by atoms with Crippen molar-refractivity contribution in [2.75, 3.05) is 13.2 Å². The Labute approximate surface area is 216 Å². The lowest BCUT2D eigenvalue weighted by atomic mass is 10.0. The van der Waals surface area contributed by atoms with Gasteiger partial charge in [-0.1, -0.05) is 33.3 Å². The maximum Gasteiger partial charge on any atom is 0.276 e. The summed E-state index contributed by atoms with van der Waals surface area (Å²) in [4.78, 5) is 24.5. The Hall–Kier alpha value is -2.17. The van der Waals surface area contributed by atoms with E-state index >= 15 is 0 Å². The van der Waals surface area contributed by atoms with E-state index in [1.807, 2.05) is 18.2 Å². The Balaban J connectivity index is 1.78. The first-order chi connectivity index (χ1) is 15.7. The third-order valence-electron chi connectivity index (χ3n) is 4.47. The molecule has 2 aromatic rings. The van der Waals surface area contributed by atoms with Gasteiger partial charge in [-0.3, -0.25) is 25.8 Å². The van der Waals surface area contributed by atoms with E-state index < -0.39 is 11.8 Å². The number of hydrogen-bond donors (Lipinski definition) is 3.